The van der Waals surface area contributed by atoms with Gasteiger partial charge in [-0.25, -0.2) is 0 Å². The average Bonchev–Trinajstić information content (AvgIpc) is 2.16. The van der Waals surface area contributed by atoms with Crippen LogP contribution in [-0.4, -0.2) is 11.1 Å². The monoisotopic (exact) mass is 203 g/mol. The summed E-state index contributed by atoms with van der Waals surface area (Å²) < 4.78 is 0. The molecule has 1 rings (SSSR count). The molecule has 3 nitrogen and oxygen atoms in total. The molecule has 3 heteroatoms. The minimum absolute atomic E-state index is 0.0195. The molecule has 0 radical (unpaired) electrons. The lowest BCUT2D eigenvalue weighted by atomic mass is 9.95. The van der Waals surface area contributed by atoms with Crippen LogP contribution in [0.1, 0.15) is 36.0 Å². The van der Waals surface area contributed by atoms with Crippen LogP contribution in [0.5, 0.6) is 0 Å². The van der Waals surface area contributed by atoms with Crippen molar-refractivity contribution < 1.29 is 9.90 Å². The highest BCUT2D eigenvalue weighted by molar-refractivity contribution is 5.68. The lowest BCUT2D eigenvalue weighted by molar-refractivity contribution is -0.137. The van der Waals surface area contributed by atoms with Gasteiger partial charge in [0.1, 0.15) is 0 Å². The van der Waals surface area contributed by atoms with Crippen LogP contribution in [0, 0.1) is 18.3 Å². The zero-order valence-corrected chi connectivity index (χ0v) is 8.82. The normalized spacial score (nSPS) is 11.8. The molecule has 0 aliphatic carbocycles. The number of hydrogen-bond acceptors (Lipinski definition) is 2. The number of benzene rings is 1. The zero-order valence-electron chi connectivity index (χ0n) is 8.82. The Balaban J connectivity index is 2.93. The Hall–Kier alpha value is -1.82. The third-order valence-electron chi connectivity index (χ3n) is 2.42. The third-order valence-corrected chi connectivity index (χ3v) is 2.42. The zero-order chi connectivity index (χ0) is 11.4. The Bertz CT molecular complexity index is 418. The lowest BCUT2D eigenvalue weighted by Crippen LogP contribution is -2.03. The first-order valence-corrected chi connectivity index (χ1v) is 4.77. The summed E-state index contributed by atoms with van der Waals surface area (Å²) in [5.41, 5.74) is 2.50. The van der Waals surface area contributed by atoms with E-state index in [4.69, 9.17) is 10.4 Å². The molecule has 0 bridgehead atoms. The number of carbonyl (C=O) groups is 1. The van der Waals surface area contributed by atoms with Gasteiger partial charge in [0, 0.05) is 0 Å². The number of hydrogen-bond donors (Lipinski definition) is 1. The molecule has 0 aliphatic rings. The molecular weight excluding hydrogens is 190 g/mol. The summed E-state index contributed by atoms with van der Waals surface area (Å²) in [6.45, 7) is 3.73. The second-order valence-corrected chi connectivity index (χ2v) is 3.69. The van der Waals surface area contributed by atoms with Gasteiger partial charge in [0.05, 0.1) is 18.1 Å². The van der Waals surface area contributed by atoms with Crippen molar-refractivity contribution in [2.45, 2.75) is 26.2 Å². The van der Waals surface area contributed by atoms with E-state index in [0.29, 0.717) is 5.56 Å². The van der Waals surface area contributed by atoms with Crippen LogP contribution >= 0.6 is 0 Å². The number of aryl methyl sites for hydroxylation is 1. The first-order chi connectivity index (χ1) is 7.04. The van der Waals surface area contributed by atoms with Gasteiger partial charge in [-0.05, 0) is 30.0 Å². The Morgan fingerprint density at radius 2 is 2.27 bits per heavy atom. The molecule has 1 aromatic carbocycles. The predicted octanol–water partition coefficient (Wildman–Crippen LogP) is 2.44. The molecule has 78 valence electrons. The van der Waals surface area contributed by atoms with Gasteiger partial charge in [0.25, 0.3) is 0 Å². The van der Waals surface area contributed by atoms with Crippen molar-refractivity contribution in [3.63, 3.8) is 0 Å². The summed E-state index contributed by atoms with van der Waals surface area (Å²) >= 11 is 0. The van der Waals surface area contributed by atoms with E-state index >= 15 is 0 Å². The van der Waals surface area contributed by atoms with Gasteiger partial charge >= 0.3 is 5.97 Å². The highest BCUT2D eigenvalue weighted by Gasteiger charge is 2.10. The quantitative estimate of drug-likeness (QED) is 0.820. The molecule has 0 saturated carbocycles. The smallest absolute Gasteiger partial charge is 0.303 e. The largest absolute Gasteiger partial charge is 0.481 e. The molecule has 0 spiro atoms. The Morgan fingerprint density at radius 3 is 2.73 bits per heavy atom. The van der Waals surface area contributed by atoms with E-state index in [-0.39, 0.29) is 12.3 Å². The fraction of sp³-hybridized carbons (Fsp3) is 0.333. The fourth-order valence-corrected chi connectivity index (χ4v) is 1.50. The maximum atomic E-state index is 10.5. The number of carboxylic acids is 1. The highest BCUT2D eigenvalue weighted by Crippen LogP contribution is 2.21. The second-order valence-electron chi connectivity index (χ2n) is 3.69. The van der Waals surface area contributed by atoms with Crippen molar-refractivity contribution in [2.24, 2.45) is 0 Å². The molecule has 1 N–H and O–H groups in total. The van der Waals surface area contributed by atoms with Gasteiger partial charge in [0.15, 0.2) is 0 Å². The molecule has 1 aromatic rings. The summed E-state index contributed by atoms with van der Waals surface area (Å²) in [5, 5.41) is 17.4. The topological polar surface area (TPSA) is 61.1 Å². The SMILES string of the molecule is Cc1cc(C(C)CC(=O)O)ccc1C#N. The second kappa shape index (κ2) is 4.61. The van der Waals surface area contributed by atoms with Crippen LogP contribution < -0.4 is 0 Å². The molecule has 0 aliphatic heterocycles. The lowest BCUT2D eigenvalue weighted by Gasteiger charge is -2.10. The Morgan fingerprint density at radius 1 is 1.60 bits per heavy atom. The van der Waals surface area contributed by atoms with Crippen molar-refractivity contribution in [3.05, 3.63) is 34.9 Å². The van der Waals surface area contributed by atoms with Crippen LogP contribution in [0.3, 0.4) is 0 Å². The molecule has 1 unspecified atom stereocenters. The highest BCUT2D eigenvalue weighted by atomic mass is 16.4. The molecule has 0 saturated heterocycles. The first kappa shape index (κ1) is 11.3. The minimum Gasteiger partial charge on any atom is -0.481 e. The van der Waals surface area contributed by atoms with Crippen LogP contribution in [-0.2, 0) is 4.79 Å². The third kappa shape index (κ3) is 2.81. The maximum Gasteiger partial charge on any atom is 0.303 e. The average molecular weight is 203 g/mol. The van der Waals surface area contributed by atoms with Crippen LogP contribution in [0.15, 0.2) is 18.2 Å². The molecule has 15 heavy (non-hydrogen) atoms. The van der Waals surface area contributed by atoms with Gasteiger partial charge in [-0.15, -0.1) is 0 Å². The van der Waals surface area contributed by atoms with Gasteiger partial charge in [-0.3, -0.25) is 4.79 Å². The summed E-state index contributed by atoms with van der Waals surface area (Å²) in [4.78, 5) is 10.5. The van der Waals surface area contributed by atoms with E-state index in [0.717, 1.165) is 11.1 Å². The fourth-order valence-electron chi connectivity index (χ4n) is 1.50. The predicted molar refractivity (Wildman–Crippen MR) is 56.6 cm³/mol. The number of carboxylic acid groups (broad SMARTS) is 1. The van der Waals surface area contributed by atoms with Crippen molar-refractivity contribution in [1.29, 1.82) is 5.26 Å². The first-order valence-electron chi connectivity index (χ1n) is 4.77. The number of rotatable bonds is 3. The van der Waals surface area contributed by atoms with Crippen LogP contribution in [0.2, 0.25) is 0 Å². The molecule has 1 atom stereocenters. The van der Waals surface area contributed by atoms with Gasteiger partial charge in [0.2, 0.25) is 0 Å². The van der Waals surface area contributed by atoms with E-state index in [2.05, 4.69) is 6.07 Å². The molecule has 0 aromatic heterocycles. The van der Waals surface area contributed by atoms with E-state index in [1.165, 1.54) is 0 Å². The van der Waals surface area contributed by atoms with Crippen molar-refractivity contribution >= 4 is 5.97 Å². The number of nitrogens with zero attached hydrogens (tertiary/aromatic N) is 1. The van der Waals surface area contributed by atoms with Gasteiger partial charge < -0.3 is 5.11 Å². The number of nitriles is 1. The van der Waals surface area contributed by atoms with Crippen LogP contribution in [0.25, 0.3) is 0 Å². The minimum atomic E-state index is -0.801. The van der Waals surface area contributed by atoms with E-state index in [9.17, 15) is 4.79 Å². The Labute approximate surface area is 89.0 Å². The molecule has 0 heterocycles. The summed E-state index contributed by atoms with van der Waals surface area (Å²) in [6.07, 6.45) is 0.116. The van der Waals surface area contributed by atoms with E-state index in [1.807, 2.05) is 26.0 Å². The molecule has 0 amide bonds. The van der Waals surface area contributed by atoms with Crippen molar-refractivity contribution in [2.75, 3.05) is 0 Å². The van der Waals surface area contributed by atoms with Gasteiger partial charge in [-0.1, -0.05) is 19.1 Å². The Kier molecular flexibility index (Phi) is 3.46. The summed E-state index contributed by atoms with van der Waals surface area (Å²) in [5.74, 6) is -0.821. The van der Waals surface area contributed by atoms with Crippen molar-refractivity contribution in [3.8, 4) is 6.07 Å². The standard InChI is InChI=1S/C12H13NO2/c1-8-5-10(3-4-11(8)7-13)9(2)6-12(14)15/h3-5,9H,6H2,1-2H3,(H,14,15). The van der Waals surface area contributed by atoms with Crippen LogP contribution in [0.4, 0.5) is 0 Å². The molecular formula is C12H13NO2. The molecule has 0 fully saturated rings. The summed E-state index contributed by atoms with van der Waals surface area (Å²) in [6, 6.07) is 7.52. The maximum absolute atomic E-state index is 10.5. The van der Waals surface area contributed by atoms with E-state index in [1.54, 1.807) is 6.07 Å². The van der Waals surface area contributed by atoms with Gasteiger partial charge in [-0.2, -0.15) is 5.26 Å². The van der Waals surface area contributed by atoms with Crippen molar-refractivity contribution in [1.82, 2.24) is 0 Å². The van der Waals surface area contributed by atoms with E-state index < -0.39 is 5.97 Å². The number of aliphatic carboxylic acids is 1. The summed E-state index contributed by atoms with van der Waals surface area (Å²) in [7, 11) is 0.